The lowest BCUT2D eigenvalue weighted by atomic mass is 10.3. The first-order valence-corrected chi connectivity index (χ1v) is 10.5. The Morgan fingerprint density at radius 2 is 1.35 bits per heavy atom. The number of hydrogen-bond acceptors (Lipinski definition) is 6. The van der Waals surface area contributed by atoms with Crippen molar-refractivity contribution in [2.75, 3.05) is 32.1 Å². The summed E-state index contributed by atoms with van der Waals surface area (Å²) in [6.45, 7) is 0.795. The van der Waals surface area contributed by atoms with Gasteiger partial charge in [0, 0.05) is 12.8 Å². The molecule has 0 unspecified atom stereocenters. The molecular weight excluding hydrogens is 380 g/mol. The predicted molar refractivity (Wildman–Crippen MR) is 97.3 cm³/mol. The lowest BCUT2D eigenvalue weighted by Gasteiger charge is -2.10. The number of hydrogen-bond donors (Lipinski definition) is 2. The maximum absolute atomic E-state index is 12.4. The van der Waals surface area contributed by atoms with E-state index >= 15 is 0 Å². The van der Waals surface area contributed by atoms with Crippen LogP contribution >= 0.6 is 0 Å². The molecule has 0 bridgehead atoms. The van der Waals surface area contributed by atoms with Crippen LogP contribution in [0.1, 0.15) is 0 Å². The molecule has 142 valence electrons. The van der Waals surface area contributed by atoms with Gasteiger partial charge in [0.25, 0.3) is 10.0 Å². The Kier molecular flexibility index (Phi) is 6.59. The van der Waals surface area contributed by atoms with Gasteiger partial charge < -0.3 is 9.47 Å². The van der Waals surface area contributed by atoms with Crippen LogP contribution in [-0.4, -0.2) is 44.2 Å². The van der Waals surface area contributed by atoms with E-state index in [0.717, 1.165) is 0 Å². The molecule has 0 amide bonds. The molecule has 0 fully saturated rings. The molecule has 26 heavy (non-hydrogen) atoms. The normalized spacial score (nSPS) is 11.9. The van der Waals surface area contributed by atoms with Crippen LogP contribution in [0.2, 0.25) is 0 Å². The van der Waals surface area contributed by atoms with Gasteiger partial charge in [0.1, 0.15) is 12.4 Å². The highest BCUT2D eigenvalue weighted by Gasteiger charge is 2.16. The molecular formula is C16H20N2O6S2. The van der Waals surface area contributed by atoms with Crippen molar-refractivity contribution < 1.29 is 26.3 Å². The highest BCUT2D eigenvalue weighted by Crippen LogP contribution is 2.20. The second-order valence-corrected chi connectivity index (χ2v) is 8.72. The molecule has 0 aromatic heterocycles. The molecule has 0 spiro atoms. The topological polar surface area (TPSA) is 111 Å². The fourth-order valence-electron chi connectivity index (χ4n) is 1.99. The van der Waals surface area contributed by atoms with Crippen LogP contribution < -0.4 is 14.2 Å². The summed E-state index contributed by atoms with van der Waals surface area (Å²) in [6, 6.07) is 11.3. The maximum Gasteiger partial charge on any atom is 0.261 e. The molecule has 0 atom stereocenters. The standard InChI is InChI=1S/C16H20N2O6S2/c1-17-25(19,20)15-7-3-13(4-8-15)18-26(21,22)16-9-5-14(6-10-16)24-12-11-23-2/h3-10,17-18H,11-12H2,1-2H3. The van der Waals surface area contributed by atoms with Gasteiger partial charge in [-0.2, -0.15) is 0 Å². The van der Waals surface area contributed by atoms with E-state index < -0.39 is 20.0 Å². The van der Waals surface area contributed by atoms with Gasteiger partial charge in [-0.1, -0.05) is 0 Å². The van der Waals surface area contributed by atoms with Gasteiger partial charge in [-0.3, -0.25) is 4.72 Å². The zero-order chi connectivity index (χ0) is 19.2. The first kappa shape index (κ1) is 20.2. The Hall–Kier alpha value is -2.14. The predicted octanol–water partition coefficient (Wildman–Crippen LogP) is 1.42. The monoisotopic (exact) mass is 400 g/mol. The Morgan fingerprint density at radius 1 is 0.808 bits per heavy atom. The lowest BCUT2D eigenvalue weighted by molar-refractivity contribution is 0.146. The van der Waals surface area contributed by atoms with Crippen molar-refractivity contribution in [1.29, 1.82) is 0 Å². The van der Waals surface area contributed by atoms with E-state index in [4.69, 9.17) is 9.47 Å². The van der Waals surface area contributed by atoms with Crippen molar-refractivity contribution >= 4 is 25.7 Å². The van der Waals surface area contributed by atoms with E-state index in [1.165, 1.54) is 43.4 Å². The summed E-state index contributed by atoms with van der Waals surface area (Å²) >= 11 is 0. The Balaban J connectivity index is 2.10. The van der Waals surface area contributed by atoms with Gasteiger partial charge in [0.2, 0.25) is 10.0 Å². The molecule has 8 nitrogen and oxygen atoms in total. The molecule has 0 aliphatic carbocycles. The second-order valence-electron chi connectivity index (χ2n) is 5.15. The molecule has 0 saturated heterocycles. The highest BCUT2D eigenvalue weighted by atomic mass is 32.2. The highest BCUT2D eigenvalue weighted by molar-refractivity contribution is 7.92. The summed E-state index contributed by atoms with van der Waals surface area (Å²) in [4.78, 5) is 0.101. The number of rotatable bonds is 9. The van der Waals surface area contributed by atoms with E-state index in [0.29, 0.717) is 19.0 Å². The van der Waals surface area contributed by atoms with Gasteiger partial charge in [-0.05, 0) is 55.6 Å². The quantitative estimate of drug-likeness (QED) is 0.616. The molecule has 0 aliphatic rings. The Morgan fingerprint density at radius 3 is 1.88 bits per heavy atom. The average molecular weight is 400 g/mol. The number of ether oxygens (including phenoxy) is 2. The molecule has 2 aromatic rings. The van der Waals surface area contributed by atoms with Crippen molar-refractivity contribution in [1.82, 2.24) is 4.72 Å². The van der Waals surface area contributed by atoms with Crippen molar-refractivity contribution in [3.63, 3.8) is 0 Å². The van der Waals surface area contributed by atoms with Gasteiger partial charge in [0.05, 0.1) is 16.4 Å². The zero-order valence-corrected chi connectivity index (χ0v) is 15.9. The van der Waals surface area contributed by atoms with E-state index in [1.807, 2.05) is 0 Å². The number of nitrogens with one attached hydrogen (secondary N) is 2. The number of sulfonamides is 2. The summed E-state index contributed by atoms with van der Waals surface area (Å²) in [5, 5.41) is 0. The van der Waals surface area contributed by atoms with Crippen LogP contribution in [0.5, 0.6) is 5.75 Å². The van der Waals surface area contributed by atoms with Crippen molar-refractivity contribution in [2.24, 2.45) is 0 Å². The molecule has 0 saturated carbocycles. The minimum absolute atomic E-state index is 0.0421. The minimum Gasteiger partial charge on any atom is -0.491 e. The van der Waals surface area contributed by atoms with E-state index in [9.17, 15) is 16.8 Å². The third-order valence-corrected chi connectivity index (χ3v) is 6.20. The molecule has 2 aromatic carbocycles. The SMILES string of the molecule is CNS(=O)(=O)c1ccc(NS(=O)(=O)c2ccc(OCCOC)cc2)cc1. The van der Waals surface area contributed by atoms with E-state index in [2.05, 4.69) is 9.44 Å². The lowest BCUT2D eigenvalue weighted by Crippen LogP contribution is -2.18. The fourth-order valence-corrected chi connectivity index (χ4v) is 3.78. The zero-order valence-electron chi connectivity index (χ0n) is 14.3. The summed E-state index contributed by atoms with van der Waals surface area (Å²) in [5.41, 5.74) is 0.250. The van der Waals surface area contributed by atoms with Gasteiger partial charge >= 0.3 is 0 Å². The molecule has 0 radical (unpaired) electrons. The van der Waals surface area contributed by atoms with E-state index in [-0.39, 0.29) is 15.5 Å². The maximum atomic E-state index is 12.4. The minimum atomic E-state index is -3.80. The van der Waals surface area contributed by atoms with Crippen LogP contribution in [0.4, 0.5) is 5.69 Å². The third kappa shape index (κ3) is 5.18. The van der Waals surface area contributed by atoms with Crippen LogP contribution in [-0.2, 0) is 24.8 Å². The largest absolute Gasteiger partial charge is 0.491 e. The molecule has 2 rings (SSSR count). The van der Waals surface area contributed by atoms with Crippen molar-refractivity contribution in [3.8, 4) is 5.75 Å². The number of benzene rings is 2. The number of anilines is 1. The molecule has 10 heteroatoms. The summed E-state index contributed by atoms with van der Waals surface area (Å²) in [6.07, 6.45) is 0. The summed E-state index contributed by atoms with van der Waals surface area (Å²) in [5.74, 6) is 0.530. The van der Waals surface area contributed by atoms with Crippen molar-refractivity contribution in [2.45, 2.75) is 9.79 Å². The van der Waals surface area contributed by atoms with Crippen LogP contribution in [0.15, 0.2) is 58.3 Å². The van der Waals surface area contributed by atoms with Gasteiger partial charge in [-0.25, -0.2) is 21.6 Å². The fraction of sp³-hybridized carbons (Fsp3) is 0.250. The van der Waals surface area contributed by atoms with Crippen LogP contribution in [0.25, 0.3) is 0 Å². The van der Waals surface area contributed by atoms with Crippen LogP contribution in [0, 0.1) is 0 Å². The third-order valence-electron chi connectivity index (χ3n) is 3.38. The smallest absolute Gasteiger partial charge is 0.261 e. The Bertz CT molecular complexity index is 924. The molecule has 2 N–H and O–H groups in total. The average Bonchev–Trinajstić information content (AvgIpc) is 2.62. The molecule has 0 aliphatic heterocycles. The second kappa shape index (κ2) is 8.49. The summed E-state index contributed by atoms with van der Waals surface area (Å²) in [7, 11) is -4.52. The first-order valence-electron chi connectivity index (χ1n) is 7.57. The first-order chi connectivity index (χ1) is 12.3. The molecule has 0 heterocycles. The number of methoxy groups -OCH3 is 1. The Labute approximate surface area is 153 Å². The van der Waals surface area contributed by atoms with Gasteiger partial charge in [-0.15, -0.1) is 0 Å². The van der Waals surface area contributed by atoms with Crippen LogP contribution in [0.3, 0.4) is 0 Å². The van der Waals surface area contributed by atoms with Crippen molar-refractivity contribution in [3.05, 3.63) is 48.5 Å². The van der Waals surface area contributed by atoms with Gasteiger partial charge in [0.15, 0.2) is 0 Å². The summed E-state index contributed by atoms with van der Waals surface area (Å²) < 4.78 is 63.0. The van der Waals surface area contributed by atoms with E-state index in [1.54, 1.807) is 19.2 Å².